The van der Waals surface area contributed by atoms with Crippen LogP contribution in [0.3, 0.4) is 0 Å². The van der Waals surface area contributed by atoms with Crippen molar-refractivity contribution in [3.05, 3.63) is 29.8 Å². The highest BCUT2D eigenvalue weighted by Crippen LogP contribution is 2.31. The van der Waals surface area contributed by atoms with Crippen LogP contribution in [0.5, 0.6) is 0 Å². The van der Waals surface area contributed by atoms with Crippen LogP contribution in [0.2, 0.25) is 0 Å². The normalized spacial score (nSPS) is 19.8. The van der Waals surface area contributed by atoms with E-state index in [9.17, 15) is 4.39 Å². The van der Waals surface area contributed by atoms with Gasteiger partial charge in [0.05, 0.1) is 6.20 Å². The number of likely N-dealkylation sites (tertiary alicyclic amines) is 1. The number of piperidine rings is 1. The fraction of sp³-hybridized carbons (Fsp3) is 0.643. The zero-order valence-electron chi connectivity index (χ0n) is 11.2. The van der Waals surface area contributed by atoms with Gasteiger partial charge in [-0.05, 0) is 51.4 Å². The van der Waals surface area contributed by atoms with Gasteiger partial charge in [-0.25, -0.2) is 4.39 Å². The summed E-state index contributed by atoms with van der Waals surface area (Å²) < 4.78 is 13.2. The zero-order chi connectivity index (χ0) is 13.2. The van der Waals surface area contributed by atoms with Crippen molar-refractivity contribution < 1.29 is 4.39 Å². The summed E-state index contributed by atoms with van der Waals surface area (Å²) in [6.45, 7) is 6.41. The average molecular weight is 251 g/mol. The van der Waals surface area contributed by atoms with E-state index in [4.69, 9.17) is 5.73 Å². The second kappa shape index (κ2) is 5.33. The molecule has 0 amide bonds. The molecule has 2 rings (SSSR count). The number of nitrogens with two attached hydrogens (primary N) is 1. The highest BCUT2D eigenvalue weighted by atomic mass is 19.1. The summed E-state index contributed by atoms with van der Waals surface area (Å²) >= 11 is 0. The first kappa shape index (κ1) is 13.4. The quantitative estimate of drug-likeness (QED) is 0.897. The lowest BCUT2D eigenvalue weighted by Gasteiger charge is -2.44. The molecule has 1 aliphatic rings. The molecule has 2 heterocycles. The Morgan fingerprint density at radius 2 is 1.94 bits per heavy atom. The lowest BCUT2D eigenvalue weighted by molar-refractivity contribution is 0.0728. The predicted octanol–water partition coefficient (Wildman–Crippen LogP) is 2.49. The van der Waals surface area contributed by atoms with E-state index in [2.05, 4.69) is 23.7 Å². The molecule has 100 valence electrons. The third-order valence-electron chi connectivity index (χ3n) is 4.02. The Labute approximate surface area is 108 Å². The van der Waals surface area contributed by atoms with Crippen molar-refractivity contribution in [3.8, 4) is 0 Å². The van der Waals surface area contributed by atoms with Crippen LogP contribution in [0.15, 0.2) is 18.5 Å². The summed E-state index contributed by atoms with van der Waals surface area (Å²) in [6, 6.07) is 1.27. The van der Waals surface area contributed by atoms with E-state index in [-0.39, 0.29) is 17.4 Å². The fourth-order valence-corrected chi connectivity index (χ4v) is 2.67. The molecule has 1 saturated heterocycles. The van der Waals surface area contributed by atoms with E-state index in [1.54, 1.807) is 6.20 Å². The van der Waals surface area contributed by atoms with Crippen LogP contribution in [-0.4, -0.2) is 28.5 Å². The molecule has 1 aromatic heterocycles. The van der Waals surface area contributed by atoms with Crippen molar-refractivity contribution in [3.63, 3.8) is 0 Å². The summed E-state index contributed by atoms with van der Waals surface area (Å²) in [4.78, 5) is 6.30. The van der Waals surface area contributed by atoms with E-state index >= 15 is 0 Å². The smallest absolute Gasteiger partial charge is 0.141 e. The van der Waals surface area contributed by atoms with Crippen LogP contribution < -0.4 is 5.73 Å². The summed E-state index contributed by atoms with van der Waals surface area (Å²) in [5.74, 6) is -0.322. The lowest BCUT2D eigenvalue weighted by Crippen LogP contribution is -2.53. The molecule has 0 bridgehead atoms. The maximum atomic E-state index is 13.2. The predicted molar refractivity (Wildman–Crippen MR) is 70.6 cm³/mol. The Morgan fingerprint density at radius 1 is 1.28 bits per heavy atom. The maximum Gasteiger partial charge on any atom is 0.141 e. The first-order valence-electron chi connectivity index (χ1n) is 6.63. The van der Waals surface area contributed by atoms with Crippen molar-refractivity contribution in [1.82, 2.24) is 9.88 Å². The van der Waals surface area contributed by atoms with Gasteiger partial charge in [-0.2, -0.15) is 0 Å². The van der Waals surface area contributed by atoms with Gasteiger partial charge in [0.15, 0.2) is 0 Å². The number of aromatic nitrogens is 1. The van der Waals surface area contributed by atoms with Crippen molar-refractivity contribution in [2.24, 2.45) is 5.73 Å². The minimum atomic E-state index is -0.322. The molecule has 0 saturated carbocycles. The molecule has 1 atom stereocenters. The number of nitrogens with zero attached hydrogens (tertiary/aromatic N) is 2. The van der Waals surface area contributed by atoms with Crippen molar-refractivity contribution in [1.29, 1.82) is 0 Å². The molecule has 0 aliphatic carbocycles. The van der Waals surface area contributed by atoms with Gasteiger partial charge in [0.25, 0.3) is 0 Å². The van der Waals surface area contributed by atoms with Gasteiger partial charge < -0.3 is 5.73 Å². The topological polar surface area (TPSA) is 42.1 Å². The second-order valence-electron chi connectivity index (χ2n) is 5.62. The van der Waals surface area contributed by atoms with Crippen molar-refractivity contribution in [2.45, 2.75) is 44.7 Å². The maximum absolute atomic E-state index is 13.2. The summed E-state index contributed by atoms with van der Waals surface area (Å²) in [5.41, 5.74) is 6.92. The van der Waals surface area contributed by atoms with Gasteiger partial charge in [-0.3, -0.25) is 9.88 Å². The van der Waals surface area contributed by atoms with E-state index in [1.807, 2.05) is 0 Å². The second-order valence-corrected chi connectivity index (χ2v) is 5.62. The summed E-state index contributed by atoms with van der Waals surface area (Å²) in [5, 5.41) is 0. The molecule has 1 fully saturated rings. The van der Waals surface area contributed by atoms with E-state index in [1.165, 1.54) is 31.5 Å². The molecule has 0 radical (unpaired) electrons. The molecular weight excluding hydrogens is 229 g/mol. The van der Waals surface area contributed by atoms with Crippen LogP contribution >= 0.6 is 0 Å². The molecule has 0 aromatic carbocycles. The van der Waals surface area contributed by atoms with E-state index in [0.29, 0.717) is 0 Å². The third kappa shape index (κ3) is 2.70. The number of halogens is 1. The largest absolute Gasteiger partial charge is 0.322 e. The lowest BCUT2D eigenvalue weighted by atomic mass is 9.87. The summed E-state index contributed by atoms with van der Waals surface area (Å²) in [7, 11) is 0. The molecule has 1 aliphatic heterocycles. The number of pyridine rings is 1. The van der Waals surface area contributed by atoms with Crippen LogP contribution in [0.25, 0.3) is 0 Å². The van der Waals surface area contributed by atoms with Crippen LogP contribution in [0.4, 0.5) is 4.39 Å². The minimum Gasteiger partial charge on any atom is -0.322 e. The van der Waals surface area contributed by atoms with Gasteiger partial charge in [-0.1, -0.05) is 6.42 Å². The Balaban J connectivity index is 2.17. The van der Waals surface area contributed by atoms with Gasteiger partial charge >= 0.3 is 0 Å². The van der Waals surface area contributed by atoms with Gasteiger partial charge in [0.2, 0.25) is 0 Å². The molecule has 3 nitrogen and oxygen atoms in total. The monoisotopic (exact) mass is 251 g/mol. The van der Waals surface area contributed by atoms with Crippen molar-refractivity contribution in [2.75, 3.05) is 13.1 Å². The fourth-order valence-electron chi connectivity index (χ4n) is 2.67. The Bertz CT molecular complexity index is 400. The van der Waals surface area contributed by atoms with E-state index < -0.39 is 0 Å². The van der Waals surface area contributed by atoms with Gasteiger partial charge in [-0.15, -0.1) is 0 Å². The summed E-state index contributed by atoms with van der Waals surface area (Å²) in [6.07, 6.45) is 6.61. The molecule has 1 unspecified atom stereocenters. The first-order valence-corrected chi connectivity index (χ1v) is 6.63. The highest BCUT2D eigenvalue weighted by molar-refractivity contribution is 5.19. The molecule has 2 N–H and O–H groups in total. The van der Waals surface area contributed by atoms with Crippen LogP contribution in [0.1, 0.15) is 44.7 Å². The minimum absolute atomic E-state index is 0.171. The first-order chi connectivity index (χ1) is 8.51. The number of hydrogen-bond donors (Lipinski definition) is 1. The Morgan fingerprint density at radius 3 is 2.56 bits per heavy atom. The highest BCUT2D eigenvalue weighted by Gasteiger charge is 2.34. The average Bonchev–Trinajstić information content (AvgIpc) is 2.39. The Hall–Kier alpha value is -1.00. The molecule has 0 spiro atoms. The molecule has 1 aromatic rings. The van der Waals surface area contributed by atoms with Gasteiger partial charge in [0, 0.05) is 17.8 Å². The van der Waals surface area contributed by atoms with Crippen molar-refractivity contribution >= 4 is 0 Å². The number of hydrogen-bond acceptors (Lipinski definition) is 3. The standard InChI is InChI=1S/C14H22FN3/c1-14(2,18-6-4-3-5-7-18)13(16)11-8-12(15)10-17-9-11/h8-10,13H,3-7,16H2,1-2H3. The van der Waals surface area contributed by atoms with Gasteiger partial charge in [0.1, 0.15) is 5.82 Å². The SMILES string of the molecule is CC(C)(C(N)c1cncc(F)c1)N1CCCCC1. The van der Waals surface area contributed by atoms with Crippen LogP contribution in [0, 0.1) is 5.82 Å². The molecular formula is C14H22FN3. The zero-order valence-corrected chi connectivity index (χ0v) is 11.2. The third-order valence-corrected chi connectivity index (χ3v) is 4.02. The number of rotatable bonds is 3. The molecule has 4 heteroatoms. The van der Waals surface area contributed by atoms with E-state index in [0.717, 1.165) is 18.7 Å². The van der Waals surface area contributed by atoms with Crippen LogP contribution in [-0.2, 0) is 0 Å². The molecule has 18 heavy (non-hydrogen) atoms. The Kier molecular flexibility index (Phi) is 3.97.